The van der Waals surface area contributed by atoms with Crippen molar-refractivity contribution in [2.24, 2.45) is 0 Å². The lowest BCUT2D eigenvalue weighted by molar-refractivity contribution is -0.138. The summed E-state index contributed by atoms with van der Waals surface area (Å²) in [5.41, 5.74) is 0.962. The van der Waals surface area contributed by atoms with Crippen LogP contribution in [-0.4, -0.2) is 34.3 Å². The van der Waals surface area contributed by atoms with Crippen molar-refractivity contribution in [1.29, 1.82) is 0 Å². The minimum Gasteiger partial charge on any atom is -0.481 e. The molecular weight excluding hydrogens is 326 g/mol. The first-order chi connectivity index (χ1) is 11.5. The van der Waals surface area contributed by atoms with Gasteiger partial charge in [0.25, 0.3) is 5.91 Å². The number of para-hydroxylation sites is 1. The number of aromatic nitrogens is 1. The Bertz CT molecular complexity index is 745. The van der Waals surface area contributed by atoms with Crippen molar-refractivity contribution in [3.63, 3.8) is 0 Å². The van der Waals surface area contributed by atoms with Gasteiger partial charge in [-0.25, -0.2) is 4.98 Å². The molecule has 6 nitrogen and oxygen atoms in total. The quantitative estimate of drug-likeness (QED) is 0.924. The second-order valence-corrected chi connectivity index (χ2v) is 6.74. The Labute approximate surface area is 144 Å². The predicted octanol–water partition coefficient (Wildman–Crippen LogP) is 2.45. The lowest BCUT2D eigenvalue weighted by Crippen LogP contribution is -2.42. The van der Waals surface area contributed by atoms with E-state index in [4.69, 9.17) is 4.74 Å². The number of ether oxygens (including phenoxy) is 1. The summed E-state index contributed by atoms with van der Waals surface area (Å²) in [6.45, 7) is 4.34. The fraction of sp³-hybridized carbons (Fsp3) is 0.353. The summed E-state index contributed by atoms with van der Waals surface area (Å²) >= 11 is 1.42. The van der Waals surface area contributed by atoms with Crippen LogP contribution in [0.15, 0.2) is 30.3 Å². The van der Waals surface area contributed by atoms with Gasteiger partial charge in [-0.1, -0.05) is 29.5 Å². The van der Waals surface area contributed by atoms with Gasteiger partial charge >= 0.3 is 0 Å². The minimum atomic E-state index is -0.545. The third-order valence-corrected chi connectivity index (χ3v) is 4.73. The van der Waals surface area contributed by atoms with E-state index < -0.39 is 6.10 Å². The molecule has 1 aromatic heterocycles. The molecule has 2 aromatic rings. The second-order valence-electron chi connectivity index (χ2n) is 5.65. The zero-order valence-corrected chi connectivity index (χ0v) is 14.4. The van der Waals surface area contributed by atoms with Gasteiger partial charge in [-0.05, 0) is 19.1 Å². The predicted molar refractivity (Wildman–Crippen MR) is 92.1 cm³/mol. The van der Waals surface area contributed by atoms with Crippen molar-refractivity contribution in [3.05, 3.63) is 40.9 Å². The maximum absolute atomic E-state index is 12.6. The number of benzene rings is 1. The standard InChI is InChI=1S/C17H19N3O3S/c1-11(23-13-6-4-3-5-7-13)16(22)20-9-8-14-15(10-20)24-17(19-14)18-12(2)21/h3-7,11H,8-10H2,1-2H3,(H,18,19,21). The molecule has 7 heteroatoms. The highest BCUT2D eigenvalue weighted by Crippen LogP contribution is 2.28. The summed E-state index contributed by atoms with van der Waals surface area (Å²) in [7, 11) is 0. The molecule has 1 N–H and O–H groups in total. The monoisotopic (exact) mass is 345 g/mol. The van der Waals surface area contributed by atoms with E-state index >= 15 is 0 Å². The van der Waals surface area contributed by atoms with Crippen LogP contribution < -0.4 is 10.1 Å². The Kier molecular flexibility index (Phi) is 4.80. The van der Waals surface area contributed by atoms with Crippen LogP contribution in [0.4, 0.5) is 5.13 Å². The number of anilines is 1. The second kappa shape index (κ2) is 7.00. The summed E-state index contributed by atoms with van der Waals surface area (Å²) < 4.78 is 5.71. The number of rotatable bonds is 4. The van der Waals surface area contributed by atoms with Gasteiger partial charge in [0, 0.05) is 24.8 Å². The Hall–Kier alpha value is -2.41. The van der Waals surface area contributed by atoms with Crippen LogP contribution in [-0.2, 0) is 22.6 Å². The van der Waals surface area contributed by atoms with Crippen molar-refractivity contribution in [2.45, 2.75) is 32.9 Å². The lowest BCUT2D eigenvalue weighted by atomic mass is 10.1. The first-order valence-corrected chi connectivity index (χ1v) is 8.61. The number of thiazole rings is 1. The van der Waals surface area contributed by atoms with Crippen LogP contribution in [0, 0.1) is 0 Å². The van der Waals surface area contributed by atoms with Gasteiger partial charge in [-0.2, -0.15) is 0 Å². The van der Waals surface area contributed by atoms with Gasteiger partial charge in [-0.15, -0.1) is 0 Å². The minimum absolute atomic E-state index is 0.0426. The van der Waals surface area contributed by atoms with Crippen LogP contribution >= 0.6 is 11.3 Å². The van der Waals surface area contributed by atoms with Crippen molar-refractivity contribution in [3.8, 4) is 5.75 Å². The van der Waals surface area contributed by atoms with E-state index in [1.807, 2.05) is 30.3 Å². The van der Waals surface area contributed by atoms with Gasteiger partial charge in [0.2, 0.25) is 5.91 Å². The molecule has 1 aromatic carbocycles. The molecule has 1 aliphatic rings. The molecule has 1 unspecified atom stereocenters. The molecule has 0 bridgehead atoms. The van der Waals surface area contributed by atoms with Crippen molar-refractivity contribution < 1.29 is 14.3 Å². The molecule has 0 saturated heterocycles. The Morgan fingerprint density at radius 2 is 2.08 bits per heavy atom. The summed E-state index contributed by atoms with van der Waals surface area (Å²) in [6, 6.07) is 9.32. The number of nitrogens with one attached hydrogen (secondary N) is 1. The highest BCUT2D eigenvalue weighted by molar-refractivity contribution is 7.15. The Morgan fingerprint density at radius 3 is 2.79 bits per heavy atom. The van der Waals surface area contributed by atoms with Crippen LogP contribution in [0.3, 0.4) is 0 Å². The molecule has 0 saturated carbocycles. The Morgan fingerprint density at radius 1 is 1.33 bits per heavy atom. The van der Waals surface area contributed by atoms with Gasteiger partial charge in [0.05, 0.1) is 12.2 Å². The van der Waals surface area contributed by atoms with E-state index in [1.54, 1.807) is 11.8 Å². The first kappa shape index (κ1) is 16.4. The first-order valence-electron chi connectivity index (χ1n) is 7.79. The molecule has 126 valence electrons. The molecule has 0 spiro atoms. The number of hydrogen-bond donors (Lipinski definition) is 1. The van der Waals surface area contributed by atoms with Gasteiger partial charge in [0.1, 0.15) is 5.75 Å². The van der Waals surface area contributed by atoms with E-state index in [2.05, 4.69) is 10.3 Å². The summed E-state index contributed by atoms with van der Waals surface area (Å²) in [5, 5.41) is 3.29. The van der Waals surface area contributed by atoms with E-state index in [0.717, 1.165) is 10.6 Å². The molecule has 2 amide bonds. The van der Waals surface area contributed by atoms with Crippen LogP contribution in [0.2, 0.25) is 0 Å². The third-order valence-electron chi connectivity index (χ3n) is 3.73. The number of fused-ring (bicyclic) bond motifs is 1. The van der Waals surface area contributed by atoms with Gasteiger partial charge < -0.3 is 15.0 Å². The average Bonchev–Trinajstić information content (AvgIpc) is 2.95. The van der Waals surface area contributed by atoms with E-state index in [-0.39, 0.29) is 11.8 Å². The molecule has 24 heavy (non-hydrogen) atoms. The summed E-state index contributed by atoms with van der Waals surface area (Å²) in [4.78, 5) is 31.0. The number of amides is 2. The van der Waals surface area contributed by atoms with Crippen LogP contribution in [0.25, 0.3) is 0 Å². The zero-order valence-electron chi connectivity index (χ0n) is 13.6. The molecule has 3 rings (SSSR count). The molecule has 0 radical (unpaired) electrons. The van der Waals surface area contributed by atoms with E-state index in [0.29, 0.717) is 30.4 Å². The maximum atomic E-state index is 12.6. The van der Waals surface area contributed by atoms with Crippen LogP contribution in [0.5, 0.6) is 5.75 Å². The number of carbonyl (C=O) groups excluding carboxylic acids is 2. The average molecular weight is 345 g/mol. The molecule has 1 atom stereocenters. The third kappa shape index (κ3) is 3.73. The van der Waals surface area contributed by atoms with E-state index in [9.17, 15) is 9.59 Å². The maximum Gasteiger partial charge on any atom is 0.263 e. The number of nitrogens with zero attached hydrogens (tertiary/aromatic N) is 2. The van der Waals surface area contributed by atoms with Crippen molar-refractivity contribution in [1.82, 2.24) is 9.88 Å². The molecule has 2 heterocycles. The molecular formula is C17H19N3O3S. The fourth-order valence-electron chi connectivity index (χ4n) is 2.60. The van der Waals surface area contributed by atoms with E-state index in [1.165, 1.54) is 18.3 Å². The topological polar surface area (TPSA) is 71.5 Å². The zero-order chi connectivity index (χ0) is 17.1. The summed E-state index contributed by atoms with van der Waals surface area (Å²) in [6.07, 6.45) is 0.145. The van der Waals surface area contributed by atoms with Gasteiger partial charge in [0.15, 0.2) is 11.2 Å². The van der Waals surface area contributed by atoms with Gasteiger partial charge in [-0.3, -0.25) is 9.59 Å². The SMILES string of the molecule is CC(=O)Nc1nc2c(s1)CN(C(=O)C(C)Oc1ccccc1)CC2. The van der Waals surface area contributed by atoms with Crippen LogP contribution in [0.1, 0.15) is 24.4 Å². The largest absolute Gasteiger partial charge is 0.481 e. The fourth-order valence-corrected chi connectivity index (χ4v) is 3.67. The summed E-state index contributed by atoms with van der Waals surface area (Å²) in [5.74, 6) is 0.500. The highest BCUT2D eigenvalue weighted by atomic mass is 32.1. The Balaban J connectivity index is 1.64. The number of hydrogen-bond acceptors (Lipinski definition) is 5. The molecule has 0 aliphatic carbocycles. The van der Waals surface area contributed by atoms with Crippen molar-refractivity contribution in [2.75, 3.05) is 11.9 Å². The number of carbonyl (C=O) groups is 2. The molecule has 1 aliphatic heterocycles. The highest BCUT2D eigenvalue weighted by Gasteiger charge is 2.28. The normalized spacial score (nSPS) is 14.7. The molecule has 0 fully saturated rings. The smallest absolute Gasteiger partial charge is 0.263 e. The lowest BCUT2D eigenvalue weighted by Gasteiger charge is -2.28. The van der Waals surface area contributed by atoms with Crippen molar-refractivity contribution >= 4 is 28.3 Å².